The van der Waals surface area contributed by atoms with E-state index in [1.807, 2.05) is 0 Å². The standard InChI is InChI=1S/C20H31ClO3/c21-18-17(22)14-20(24-19(18)23,16-11-4-5-12-16)13-7-6-10-15-8-2-1-3-9-15/h15-16,18H,1-14H2. The summed E-state index contributed by atoms with van der Waals surface area (Å²) in [6.45, 7) is 0. The zero-order valence-electron chi connectivity index (χ0n) is 14.7. The summed E-state index contributed by atoms with van der Waals surface area (Å²) in [6.07, 6.45) is 16.2. The number of unbranched alkanes of at least 4 members (excludes halogenated alkanes) is 1. The molecule has 0 radical (unpaired) electrons. The van der Waals surface area contributed by atoms with Crippen LogP contribution in [0, 0.1) is 11.8 Å². The highest BCUT2D eigenvalue weighted by Gasteiger charge is 2.50. The molecule has 1 aliphatic heterocycles. The van der Waals surface area contributed by atoms with Crippen molar-refractivity contribution in [3.05, 3.63) is 0 Å². The number of hydrogen-bond acceptors (Lipinski definition) is 3. The van der Waals surface area contributed by atoms with Gasteiger partial charge in [0.25, 0.3) is 0 Å². The van der Waals surface area contributed by atoms with Gasteiger partial charge < -0.3 is 4.74 Å². The van der Waals surface area contributed by atoms with Gasteiger partial charge in [0.1, 0.15) is 5.60 Å². The van der Waals surface area contributed by atoms with Crippen molar-refractivity contribution in [1.82, 2.24) is 0 Å². The predicted molar refractivity (Wildman–Crippen MR) is 95.1 cm³/mol. The highest BCUT2D eigenvalue weighted by molar-refractivity contribution is 6.41. The molecule has 3 aliphatic rings. The van der Waals surface area contributed by atoms with Gasteiger partial charge in [0, 0.05) is 6.42 Å². The largest absolute Gasteiger partial charge is 0.457 e. The maximum atomic E-state index is 12.2. The van der Waals surface area contributed by atoms with E-state index in [-0.39, 0.29) is 5.78 Å². The van der Waals surface area contributed by atoms with Crippen molar-refractivity contribution in [3.8, 4) is 0 Å². The number of carbonyl (C=O) groups is 2. The van der Waals surface area contributed by atoms with Crippen LogP contribution >= 0.6 is 11.6 Å². The van der Waals surface area contributed by atoms with Crippen LogP contribution in [0.2, 0.25) is 0 Å². The minimum absolute atomic E-state index is 0.132. The zero-order chi connectivity index (χ0) is 17.0. The number of carbonyl (C=O) groups excluding carboxylic acids is 2. The van der Waals surface area contributed by atoms with E-state index in [0.717, 1.165) is 31.6 Å². The zero-order valence-corrected chi connectivity index (χ0v) is 15.5. The molecular weight excluding hydrogens is 324 g/mol. The highest BCUT2D eigenvalue weighted by atomic mass is 35.5. The van der Waals surface area contributed by atoms with Crippen LogP contribution in [0.25, 0.3) is 0 Å². The summed E-state index contributed by atoms with van der Waals surface area (Å²) < 4.78 is 5.84. The molecule has 2 saturated carbocycles. The van der Waals surface area contributed by atoms with Crippen LogP contribution < -0.4 is 0 Å². The Kier molecular flexibility index (Phi) is 6.23. The van der Waals surface area contributed by atoms with Crippen molar-refractivity contribution in [2.45, 2.75) is 101 Å². The smallest absolute Gasteiger partial charge is 0.332 e. The molecule has 0 N–H and O–H groups in total. The second-order valence-electron chi connectivity index (χ2n) is 8.22. The lowest BCUT2D eigenvalue weighted by atomic mass is 9.75. The fourth-order valence-corrected chi connectivity index (χ4v) is 5.28. The second-order valence-corrected chi connectivity index (χ2v) is 8.66. The van der Waals surface area contributed by atoms with Crippen LogP contribution in [0.1, 0.15) is 89.9 Å². The van der Waals surface area contributed by atoms with Crippen molar-refractivity contribution in [1.29, 1.82) is 0 Å². The number of ether oxygens (including phenoxy) is 1. The average molecular weight is 355 g/mol. The van der Waals surface area contributed by atoms with Crippen LogP contribution in [0.5, 0.6) is 0 Å². The quantitative estimate of drug-likeness (QED) is 0.285. The van der Waals surface area contributed by atoms with Gasteiger partial charge in [-0.15, -0.1) is 11.6 Å². The summed E-state index contributed by atoms with van der Waals surface area (Å²) in [7, 11) is 0. The lowest BCUT2D eigenvalue weighted by Gasteiger charge is -2.42. The van der Waals surface area contributed by atoms with Gasteiger partial charge in [-0.1, -0.05) is 57.8 Å². The molecule has 0 aromatic carbocycles. The number of Topliss-reactive ketones (excluding diaryl/α,β-unsaturated/α-hetero) is 1. The van der Waals surface area contributed by atoms with Gasteiger partial charge in [-0.2, -0.15) is 0 Å². The summed E-state index contributed by atoms with van der Waals surface area (Å²) in [4.78, 5) is 24.3. The third-order valence-electron chi connectivity index (χ3n) is 6.55. The second kappa shape index (κ2) is 8.21. The molecule has 1 heterocycles. The SMILES string of the molecule is O=C1CC(CCCCC2CCCCC2)(C2CCCC2)OC(=O)C1Cl. The van der Waals surface area contributed by atoms with E-state index in [1.54, 1.807) is 0 Å². The molecule has 24 heavy (non-hydrogen) atoms. The van der Waals surface area contributed by atoms with E-state index in [4.69, 9.17) is 16.3 Å². The minimum atomic E-state index is -1.08. The molecule has 3 rings (SSSR count). The molecule has 0 amide bonds. The summed E-state index contributed by atoms with van der Waals surface area (Å²) >= 11 is 5.89. The molecule has 1 saturated heterocycles. The maximum absolute atomic E-state index is 12.2. The monoisotopic (exact) mass is 354 g/mol. The van der Waals surface area contributed by atoms with Crippen LogP contribution in [0.3, 0.4) is 0 Å². The number of alkyl halides is 1. The first-order valence-corrected chi connectivity index (χ1v) is 10.4. The van der Waals surface area contributed by atoms with Gasteiger partial charge in [-0.25, -0.2) is 4.79 Å². The molecule has 4 heteroatoms. The molecule has 136 valence electrons. The molecule has 3 nitrogen and oxygen atoms in total. The Morgan fingerprint density at radius 3 is 2.29 bits per heavy atom. The summed E-state index contributed by atoms with van der Waals surface area (Å²) in [5.41, 5.74) is -0.553. The van der Waals surface area contributed by atoms with Gasteiger partial charge in [0.2, 0.25) is 0 Å². The van der Waals surface area contributed by atoms with E-state index < -0.39 is 16.9 Å². The van der Waals surface area contributed by atoms with Crippen molar-refractivity contribution in [2.24, 2.45) is 11.8 Å². The van der Waals surface area contributed by atoms with Crippen LogP contribution in [-0.4, -0.2) is 22.7 Å². The lowest BCUT2D eigenvalue weighted by Crippen LogP contribution is -2.52. The average Bonchev–Trinajstić information content (AvgIpc) is 3.13. The van der Waals surface area contributed by atoms with Crippen molar-refractivity contribution in [2.75, 3.05) is 0 Å². The normalized spacial score (nSPS) is 33.0. The first kappa shape index (κ1) is 18.2. The minimum Gasteiger partial charge on any atom is -0.457 e. The fourth-order valence-electron chi connectivity index (χ4n) is 5.16. The first-order chi connectivity index (χ1) is 11.6. The van der Waals surface area contributed by atoms with Gasteiger partial charge in [-0.3, -0.25) is 4.79 Å². The predicted octanol–water partition coefficient (Wildman–Crippen LogP) is 5.18. The molecule has 0 bridgehead atoms. The van der Waals surface area contributed by atoms with Crippen molar-refractivity contribution in [3.63, 3.8) is 0 Å². The highest BCUT2D eigenvalue weighted by Crippen LogP contribution is 2.45. The van der Waals surface area contributed by atoms with Gasteiger partial charge in [0.05, 0.1) is 0 Å². The Bertz CT molecular complexity index is 432. The Balaban J connectivity index is 1.56. The Labute approximate surface area is 150 Å². The summed E-state index contributed by atoms with van der Waals surface area (Å²) in [5.74, 6) is 0.604. The number of cyclic esters (lactones) is 1. The number of ketones is 1. The number of hydrogen-bond donors (Lipinski definition) is 0. The molecule has 0 spiro atoms. The molecule has 0 aromatic rings. The van der Waals surface area contributed by atoms with Crippen LogP contribution in [0.15, 0.2) is 0 Å². The Morgan fingerprint density at radius 1 is 0.958 bits per heavy atom. The van der Waals surface area contributed by atoms with Gasteiger partial charge >= 0.3 is 5.97 Å². The molecular formula is C20H31ClO3. The third kappa shape index (κ3) is 4.15. The number of halogens is 1. The van der Waals surface area contributed by atoms with E-state index >= 15 is 0 Å². The topological polar surface area (TPSA) is 43.4 Å². The van der Waals surface area contributed by atoms with Gasteiger partial charge in [-0.05, 0) is 37.5 Å². The molecule has 2 atom stereocenters. The lowest BCUT2D eigenvalue weighted by molar-refractivity contribution is -0.178. The van der Waals surface area contributed by atoms with Crippen LogP contribution in [0.4, 0.5) is 0 Å². The first-order valence-electron chi connectivity index (χ1n) is 10.0. The number of rotatable bonds is 6. The molecule has 2 unspecified atom stereocenters. The van der Waals surface area contributed by atoms with E-state index in [9.17, 15) is 9.59 Å². The third-order valence-corrected chi connectivity index (χ3v) is 6.97. The van der Waals surface area contributed by atoms with Crippen molar-refractivity contribution < 1.29 is 14.3 Å². The molecule has 2 aliphatic carbocycles. The van der Waals surface area contributed by atoms with E-state index in [1.165, 1.54) is 57.8 Å². The van der Waals surface area contributed by atoms with E-state index in [0.29, 0.717) is 12.3 Å². The molecule has 3 fully saturated rings. The molecule has 0 aromatic heterocycles. The van der Waals surface area contributed by atoms with Crippen LogP contribution in [-0.2, 0) is 14.3 Å². The van der Waals surface area contributed by atoms with E-state index in [2.05, 4.69) is 0 Å². The summed E-state index contributed by atoms with van der Waals surface area (Å²) in [5, 5.41) is -1.08. The fraction of sp³-hybridized carbons (Fsp3) is 0.900. The number of esters is 1. The van der Waals surface area contributed by atoms with Gasteiger partial charge in [0.15, 0.2) is 11.2 Å². The van der Waals surface area contributed by atoms with Crippen molar-refractivity contribution >= 4 is 23.4 Å². The summed E-state index contributed by atoms with van der Waals surface area (Å²) in [6, 6.07) is 0. The maximum Gasteiger partial charge on any atom is 0.332 e. The Hall–Kier alpha value is -0.570. The Morgan fingerprint density at radius 2 is 1.62 bits per heavy atom.